The second kappa shape index (κ2) is 7.18. The zero-order valence-electron chi connectivity index (χ0n) is 14.8. The first-order valence-corrected chi connectivity index (χ1v) is 8.57. The van der Waals surface area contributed by atoms with E-state index in [2.05, 4.69) is 80.4 Å². The summed E-state index contributed by atoms with van der Waals surface area (Å²) >= 11 is 0. The van der Waals surface area contributed by atoms with Gasteiger partial charge in [-0.05, 0) is 44.5 Å². The van der Waals surface area contributed by atoms with Crippen molar-refractivity contribution >= 4 is 5.90 Å². The van der Waals surface area contributed by atoms with Gasteiger partial charge in [-0.1, -0.05) is 48.5 Å². The van der Waals surface area contributed by atoms with Gasteiger partial charge in [-0.3, -0.25) is 0 Å². The molecule has 0 fully saturated rings. The lowest BCUT2D eigenvalue weighted by Gasteiger charge is -2.18. The van der Waals surface area contributed by atoms with Crippen molar-refractivity contribution in [1.82, 2.24) is 4.90 Å². The van der Waals surface area contributed by atoms with Crippen molar-refractivity contribution < 1.29 is 4.74 Å². The van der Waals surface area contributed by atoms with Crippen LogP contribution in [0.25, 0.3) is 0 Å². The van der Waals surface area contributed by atoms with E-state index in [4.69, 9.17) is 9.73 Å². The van der Waals surface area contributed by atoms with Crippen LogP contribution in [0.5, 0.6) is 0 Å². The lowest BCUT2D eigenvalue weighted by atomic mass is 10.0. The fourth-order valence-electron chi connectivity index (χ4n) is 2.95. The highest BCUT2D eigenvalue weighted by Crippen LogP contribution is 2.23. The molecule has 0 atom stereocenters. The molecule has 24 heavy (non-hydrogen) atoms. The first-order valence-electron chi connectivity index (χ1n) is 8.57. The van der Waals surface area contributed by atoms with Crippen molar-refractivity contribution in [3.05, 3.63) is 71.3 Å². The van der Waals surface area contributed by atoms with E-state index in [1.807, 2.05) is 0 Å². The molecule has 0 aromatic heterocycles. The molecule has 0 unspecified atom stereocenters. The summed E-state index contributed by atoms with van der Waals surface area (Å²) in [6, 6.07) is 19.0. The molecule has 126 valence electrons. The number of rotatable bonds is 6. The summed E-state index contributed by atoms with van der Waals surface area (Å²) in [5.74, 6) is 0.793. The normalized spacial score (nSPS) is 16.1. The van der Waals surface area contributed by atoms with Gasteiger partial charge in [-0.15, -0.1) is 0 Å². The average molecular weight is 322 g/mol. The minimum atomic E-state index is -0.119. The zero-order chi connectivity index (χ0) is 17.0. The highest BCUT2D eigenvalue weighted by atomic mass is 16.5. The van der Waals surface area contributed by atoms with Crippen LogP contribution in [0.2, 0.25) is 0 Å². The lowest BCUT2D eigenvalue weighted by molar-refractivity contribution is 0.279. The Labute approximate surface area is 145 Å². The number of nitrogens with zero attached hydrogens (tertiary/aromatic N) is 2. The smallest absolute Gasteiger partial charge is 0.217 e. The lowest BCUT2D eigenvalue weighted by Crippen LogP contribution is -2.21. The largest absolute Gasteiger partial charge is 0.475 e. The third-order valence-electron chi connectivity index (χ3n) is 4.27. The average Bonchev–Trinajstić information content (AvgIpc) is 2.94. The van der Waals surface area contributed by atoms with E-state index in [0.717, 1.165) is 31.0 Å². The van der Waals surface area contributed by atoms with Crippen LogP contribution in [0.1, 0.15) is 30.5 Å². The molecule has 0 amide bonds. The number of ether oxygens (including phenoxy) is 1. The Bertz CT molecular complexity index is 707. The predicted molar refractivity (Wildman–Crippen MR) is 99.5 cm³/mol. The van der Waals surface area contributed by atoms with Crippen molar-refractivity contribution in [2.75, 3.05) is 20.2 Å². The quantitative estimate of drug-likeness (QED) is 0.805. The van der Waals surface area contributed by atoms with Gasteiger partial charge in [0, 0.05) is 18.7 Å². The molecule has 0 bridgehead atoms. The Balaban J connectivity index is 1.66. The van der Waals surface area contributed by atoms with Crippen molar-refractivity contribution in [2.45, 2.75) is 32.4 Å². The summed E-state index contributed by atoms with van der Waals surface area (Å²) < 4.78 is 5.83. The number of benzene rings is 2. The van der Waals surface area contributed by atoms with Crippen LogP contribution in [0.4, 0.5) is 0 Å². The van der Waals surface area contributed by atoms with E-state index in [-0.39, 0.29) is 5.54 Å². The third kappa shape index (κ3) is 4.24. The molecule has 2 aromatic carbocycles. The van der Waals surface area contributed by atoms with Gasteiger partial charge in [-0.25, -0.2) is 4.99 Å². The van der Waals surface area contributed by atoms with Gasteiger partial charge in [0.1, 0.15) is 6.61 Å². The SMILES string of the molecule is CN(CCc1ccccc1C1=NC(C)(C)CO1)Cc1ccccc1. The summed E-state index contributed by atoms with van der Waals surface area (Å²) in [5.41, 5.74) is 3.66. The molecule has 0 spiro atoms. The Morgan fingerprint density at radius 2 is 1.75 bits per heavy atom. The fourth-order valence-corrected chi connectivity index (χ4v) is 2.95. The molecule has 0 radical (unpaired) electrons. The maximum absolute atomic E-state index is 5.83. The number of hydrogen-bond acceptors (Lipinski definition) is 3. The molecule has 3 heteroatoms. The number of hydrogen-bond donors (Lipinski definition) is 0. The minimum Gasteiger partial charge on any atom is -0.475 e. The topological polar surface area (TPSA) is 24.8 Å². The minimum absolute atomic E-state index is 0.119. The van der Waals surface area contributed by atoms with Gasteiger partial charge >= 0.3 is 0 Å². The van der Waals surface area contributed by atoms with Crippen molar-refractivity contribution in [3.8, 4) is 0 Å². The second-order valence-corrected chi connectivity index (χ2v) is 7.15. The van der Waals surface area contributed by atoms with Gasteiger partial charge < -0.3 is 9.64 Å². The van der Waals surface area contributed by atoms with E-state index >= 15 is 0 Å². The zero-order valence-corrected chi connectivity index (χ0v) is 14.8. The van der Waals surface area contributed by atoms with Crippen molar-refractivity contribution in [1.29, 1.82) is 0 Å². The van der Waals surface area contributed by atoms with Gasteiger partial charge in [-0.2, -0.15) is 0 Å². The Morgan fingerprint density at radius 1 is 1.04 bits per heavy atom. The van der Waals surface area contributed by atoms with Gasteiger partial charge in [0.2, 0.25) is 5.90 Å². The molecule has 1 aliphatic rings. The van der Waals surface area contributed by atoms with Crippen LogP contribution in [0.15, 0.2) is 59.6 Å². The Kier molecular flexibility index (Phi) is 5.00. The highest BCUT2D eigenvalue weighted by Gasteiger charge is 2.27. The maximum Gasteiger partial charge on any atom is 0.217 e. The molecular weight excluding hydrogens is 296 g/mol. The summed E-state index contributed by atoms with van der Waals surface area (Å²) in [6.07, 6.45) is 0.988. The summed E-state index contributed by atoms with van der Waals surface area (Å²) in [4.78, 5) is 7.08. The number of likely N-dealkylation sites (N-methyl/N-ethyl adjacent to an activating group) is 1. The monoisotopic (exact) mass is 322 g/mol. The molecule has 1 aliphatic heterocycles. The van der Waals surface area contributed by atoms with Crippen LogP contribution < -0.4 is 0 Å². The van der Waals surface area contributed by atoms with E-state index in [1.165, 1.54) is 11.1 Å². The molecule has 3 rings (SSSR count). The summed E-state index contributed by atoms with van der Waals surface area (Å²) in [6.45, 7) is 6.84. The third-order valence-corrected chi connectivity index (χ3v) is 4.27. The van der Waals surface area contributed by atoms with E-state index in [9.17, 15) is 0 Å². The maximum atomic E-state index is 5.83. The molecule has 0 N–H and O–H groups in total. The van der Waals surface area contributed by atoms with Crippen LogP contribution in [0, 0.1) is 0 Å². The first kappa shape index (κ1) is 16.7. The summed E-state index contributed by atoms with van der Waals surface area (Å²) in [5, 5.41) is 0. The summed E-state index contributed by atoms with van der Waals surface area (Å²) in [7, 11) is 2.17. The molecule has 3 nitrogen and oxygen atoms in total. The molecular formula is C21H26N2O. The molecule has 0 saturated heterocycles. The van der Waals surface area contributed by atoms with Gasteiger partial charge in [0.25, 0.3) is 0 Å². The van der Waals surface area contributed by atoms with Crippen LogP contribution in [-0.4, -0.2) is 36.5 Å². The van der Waals surface area contributed by atoms with Crippen molar-refractivity contribution in [2.24, 2.45) is 4.99 Å². The molecule has 2 aromatic rings. The van der Waals surface area contributed by atoms with Gasteiger partial charge in [0.15, 0.2) is 0 Å². The van der Waals surface area contributed by atoms with Gasteiger partial charge in [0.05, 0.1) is 5.54 Å². The second-order valence-electron chi connectivity index (χ2n) is 7.15. The Morgan fingerprint density at radius 3 is 2.46 bits per heavy atom. The fraction of sp³-hybridized carbons (Fsp3) is 0.381. The molecule has 1 heterocycles. The van der Waals surface area contributed by atoms with Crippen LogP contribution >= 0.6 is 0 Å². The van der Waals surface area contributed by atoms with E-state index in [1.54, 1.807) is 0 Å². The highest BCUT2D eigenvalue weighted by molar-refractivity contribution is 5.96. The van der Waals surface area contributed by atoms with Crippen molar-refractivity contribution in [3.63, 3.8) is 0 Å². The first-order chi connectivity index (χ1) is 11.5. The number of aliphatic imine (C=N–C) groups is 1. The van der Waals surface area contributed by atoms with Crippen LogP contribution in [-0.2, 0) is 17.7 Å². The van der Waals surface area contributed by atoms with Crippen LogP contribution in [0.3, 0.4) is 0 Å². The molecule has 0 aliphatic carbocycles. The predicted octanol–water partition coefficient (Wildman–Crippen LogP) is 3.92. The standard InChI is InChI=1S/C21H26N2O/c1-21(2)16-24-20(22-21)19-12-8-7-11-18(19)13-14-23(3)15-17-9-5-4-6-10-17/h4-12H,13-16H2,1-3H3. The molecule has 0 saturated carbocycles. The van der Waals surface area contributed by atoms with E-state index < -0.39 is 0 Å². The Hall–Kier alpha value is -2.13. The van der Waals surface area contributed by atoms with E-state index in [0.29, 0.717) is 6.61 Å².